The second-order valence-electron chi connectivity index (χ2n) is 5.08. The Balaban J connectivity index is 0.00000147. The lowest BCUT2D eigenvalue weighted by Crippen LogP contribution is -2.37. The number of aromatic nitrogens is 2. The zero-order valence-corrected chi connectivity index (χ0v) is 13.7. The smallest absolute Gasteiger partial charge is 0.255 e. The van der Waals surface area contributed by atoms with Gasteiger partial charge in [0.05, 0.1) is 6.10 Å². The first-order valence-corrected chi connectivity index (χ1v) is 6.71. The SMILES string of the molecule is CN=C(N)NC[C@H]1CC[C@@H](c2nc(C3CC3)no2)O1.I. The van der Waals surface area contributed by atoms with Crippen molar-refractivity contribution in [2.75, 3.05) is 13.6 Å². The maximum absolute atomic E-state index is 5.89. The van der Waals surface area contributed by atoms with E-state index in [0.29, 0.717) is 24.3 Å². The Labute approximate surface area is 134 Å². The van der Waals surface area contributed by atoms with E-state index < -0.39 is 0 Å². The summed E-state index contributed by atoms with van der Waals surface area (Å²) in [5.74, 6) is 2.39. The van der Waals surface area contributed by atoms with E-state index in [1.54, 1.807) is 7.05 Å². The summed E-state index contributed by atoms with van der Waals surface area (Å²) >= 11 is 0. The van der Waals surface area contributed by atoms with Gasteiger partial charge in [0.1, 0.15) is 6.10 Å². The van der Waals surface area contributed by atoms with Crippen molar-refractivity contribution in [3.05, 3.63) is 11.7 Å². The van der Waals surface area contributed by atoms with Crippen molar-refractivity contribution in [3.8, 4) is 0 Å². The lowest BCUT2D eigenvalue weighted by atomic mass is 10.2. The van der Waals surface area contributed by atoms with Crippen molar-refractivity contribution in [1.82, 2.24) is 15.5 Å². The molecule has 1 saturated carbocycles. The van der Waals surface area contributed by atoms with Crippen molar-refractivity contribution < 1.29 is 9.26 Å². The van der Waals surface area contributed by atoms with Crippen LogP contribution in [-0.4, -0.2) is 35.8 Å². The molecule has 0 spiro atoms. The third-order valence-electron chi connectivity index (χ3n) is 3.53. The Hall–Kier alpha value is -0.900. The van der Waals surface area contributed by atoms with Gasteiger partial charge >= 0.3 is 0 Å². The van der Waals surface area contributed by atoms with Crippen LogP contribution in [-0.2, 0) is 4.74 Å². The quantitative estimate of drug-likeness (QED) is 0.455. The highest BCUT2D eigenvalue weighted by atomic mass is 127. The van der Waals surface area contributed by atoms with Crippen LogP contribution in [0.2, 0.25) is 0 Å². The second kappa shape index (κ2) is 6.70. The van der Waals surface area contributed by atoms with Crippen molar-refractivity contribution in [3.63, 3.8) is 0 Å². The summed E-state index contributed by atoms with van der Waals surface area (Å²) in [7, 11) is 1.65. The summed E-state index contributed by atoms with van der Waals surface area (Å²) in [5.41, 5.74) is 5.58. The molecule has 0 radical (unpaired) electrons. The molecule has 7 nitrogen and oxygen atoms in total. The standard InChI is InChI=1S/C12H19N5O2.HI/c1-14-12(13)15-6-8-4-5-9(18-8)11-16-10(17-19-11)7-2-3-7;/h7-9H,2-6H2,1H3,(H3,13,14,15);1H/t8-,9+;/m1./s1. The molecule has 1 saturated heterocycles. The zero-order valence-electron chi connectivity index (χ0n) is 11.4. The van der Waals surface area contributed by atoms with Crippen molar-refractivity contribution in [1.29, 1.82) is 0 Å². The fourth-order valence-corrected chi connectivity index (χ4v) is 2.22. The molecule has 3 N–H and O–H groups in total. The van der Waals surface area contributed by atoms with Gasteiger partial charge in [-0.3, -0.25) is 4.99 Å². The molecule has 1 aromatic heterocycles. The van der Waals surface area contributed by atoms with Crippen LogP contribution in [0.4, 0.5) is 0 Å². The van der Waals surface area contributed by atoms with Crippen LogP contribution in [0.3, 0.4) is 0 Å². The van der Waals surface area contributed by atoms with Gasteiger partial charge in [0.2, 0.25) is 0 Å². The van der Waals surface area contributed by atoms with E-state index in [9.17, 15) is 0 Å². The molecule has 1 aliphatic heterocycles. The van der Waals surface area contributed by atoms with Gasteiger partial charge in [-0.05, 0) is 25.7 Å². The Kier molecular flexibility index (Phi) is 5.19. The Morgan fingerprint density at radius 1 is 1.40 bits per heavy atom. The first-order valence-electron chi connectivity index (χ1n) is 6.71. The molecule has 3 rings (SSSR count). The van der Waals surface area contributed by atoms with E-state index in [4.69, 9.17) is 15.0 Å². The molecule has 2 fully saturated rings. The van der Waals surface area contributed by atoms with Gasteiger partial charge in [-0.15, -0.1) is 24.0 Å². The van der Waals surface area contributed by atoms with Crippen LogP contribution >= 0.6 is 24.0 Å². The average Bonchev–Trinajstić information content (AvgIpc) is 2.98. The van der Waals surface area contributed by atoms with Crippen molar-refractivity contribution >= 4 is 29.9 Å². The molecule has 0 bridgehead atoms. The van der Waals surface area contributed by atoms with Crippen LogP contribution in [0.5, 0.6) is 0 Å². The van der Waals surface area contributed by atoms with E-state index in [2.05, 4.69) is 20.4 Å². The molecular weight excluding hydrogens is 373 g/mol. The fraction of sp³-hybridized carbons (Fsp3) is 0.750. The number of rotatable bonds is 4. The number of halogens is 1. The number of guanidine groups is 1. The number of hydrogen-bond acceptors (Lipinski definition) is 5. The van der Waals surface area contributed by atoms with Crippen LogP contribution in [0.25, 0.3) is 0 Å². The summed E-state index contributed by atoms with van der Waals surface area (Å²) in [6.07, 6.45) is 4.24. The molecule has 20 heavy (non-hydrogen) atoms. The van der Waals surface area contributed by atoms with Gasteiger partial charge < -0.3 is 20.3 Å². The molecule has 0 unspecified atom stereocenters. The van der Waals surface area contributed by atoms with Gasteiger partial charge in [0.25, 0.3) is 5.89 Å². The number of hydrogen-bond donors (Lipinski definition) is 2. The van der Waals surface area contributed by atoms with Crippen LogP contribution < -0.4 is 11.1 Å². The number of nitrogens with two attached hydrogens (primary N) is 1. The number of aliphatic imine (C=N–C) groups is 1. The van der Waals surface area contributed by atoms with Gasteiger partial charge in [0.15, 0.2) is 11.8 Å². The van der Waals surface area contributed by atoms with E-state index in [0.717, 1.165) is 18.7 Å². The number of nitrogens with one attached hydrogen (secondary N) is 1. The van der Waals surface area contributed by atoms with Crippen molar-refractivity contribution in [2.24, 2.45) is 10.7 Å². The minimum atomic E-state index is -0.0772. The predicted molar refractivity (Wildman–Crippen MR) is 84.1 cm³/mol. The molecule has 0 aromatic carbocycles. The highest BCUT2D eigenvalue weighted by molar-refractivity contribution is 14.0. The lowest BCUT2D eigenvalue weighted by molar-refractivity contribution is 0.0286. The molecule has 112 valence electrons. The molecule has 2 heterocycles. The van der Waals surface area contributed by atoms with Gasteiger partial charge in [0, 0.05) is 19.5 Å². The number of ether oxygens (including phenoxy) is 1. The zero-order chi connectivity index (χ0) is 13.2. The summed E-state index contributed by atoms with van der Waals surface area (Å²) < 4.78 is 11.2. The third kappa shape index (κ3) is 3.60. The molecule has 0 amide bonds. The normalized spacial score (nSPS) is 26.4. The average molecular weight is 393 g/mol. The fourth-order valence-electron chi connectivity index (χ4n) is 2.22. The molecule has 8 heteroatoms. The van der Waals surface area contributed by atoms with Gasteiger partial charge in [-0.1, -0.05) is 5.16 Å². The number of nitrogens with zero attached hydrogens (tertiary/aromatic N) is 3. The maximum atomic E-state index is 5.89. The third-order valence-corrected chi connectivity index (χ3v) is 3.53. The first-order chi connectivity index (χ1) is 9.26. The molecule has 2 aliphatic rings. The monoisotopic (exact) mass is 393 g/mol. The minimum absolute atomic E-state index is 0. The van der Waals surface area contributed by atoms with E-state index >= 15 is 0 Å². The Morgan fingerprint density at radius 3 is 2.90 bits per heavy atom. The predicted octanol–water partition coefficient (Wildman–Crippen LogP) is 1.32. The second-order valence-corrected chi connectivity index (χ2v) is 5.08. The van der Waals surface area contributed by atoms with Crippen LogP contribution in [0.1, 0.15) is 49.4 Å². The summed E-state index contributed by atoms with van der Waals surface area (Å²) in [5, 5.41) is 7.03. The maximum Gasteiger partial charge on any atom is 0.255 e. The lowest BCUT2D eigenvalue weighted by Gasteiger charge is -2.12. The van der Waals surface area contributed by atoms with Gasteiger partial charge in [-0.25, -0.2) is 0 Å². The molecule has 2 atom stereocenters. The van der Waals surface area contributed by atoms with Crippen LogP contribution in [0, 0.1) is 0 Å². The molecule has 1 aromatic rings. The molecule has 1 aliphatic carbocycles. The molecular formula is C12H20IN5O2. The largest absolute Gasteiger partial charge is 0.370 e. The van der Waals surface area contributed by atoms with Crippen molar-refractivity contribution in [2.45, 2.75) is 43.8 Å². The summed E-state index contributed by atoms with van der Waals surface area (Å²) in [6.45, 7) is 0.656. The highest BCUT2D eigenvalue weighted by Gasteiger charge is 2.33. The summed E-state index contributed by atoms with van der Waals surface area (Å²) in [4.78, 5) is 8.27. The minimum Gasteiger partial charge on any atom is -0.370 e. The van der Waals surface area contributed by atoms with E-state index in [1.807, 2.05) is 0 Å². The van der Waals surface area contributed by atoms with Crippen LogP contribution in [0.15, 0.2) is 9.52 Å². The summed E-state index contributed by atoms with van der Waals surface area (Å²) in [6, 6.07) is 0. The van der Waals surface area contributed by atoms with E-state index in [1.165, 1.54) is 12.8 Å². The topological polar surface area (TPSA) is 98.6 Å². The van der Waals surface area contributed by atoms with E-state index in [-0.39, 0.29) is 36.2 Å². The van der Waals surface area contributed by atoms with Gasteiger partial charge in [-0.2, -0.15) is 4.98 Å². The first kappa shape index (κ1) is 15.5. The Bertz CT molecular complexity index is 474. The highest BCUT2D eigenvalue weighted by Crippen LogP contribution is 2.39. The Morgan fingerprint density at radius 2 is 2.20 bits per heavy atom.